The molecule has 1 atom stereocenters. The number of hydrogen-bond acceptors (Lipinski definition) is 2. The highest BCUT2D eigenvalue weighted by Gasteiger charge is 2.51. The summed E-state index contributed by atoms with van der Waals surface area (Å²) in [5, 5.41) is 7.68. The van der Waals surface area contributed by atoms with Crippen molar-refractivity contribution < 1.29 is 4.79 Å². The molecule has 1 aromatic rings. The highest BCUT2D eigenvalue weighted by Crippen LogP contribution is 2.55. The first kappa shape index (κ1) is 16.7. The van der Waals surface area contributed by atoms with E-state index >= 15 is 0 Å². The van der Waals surface area contributed by atoms with Crippen LogP contribution in [0.25, 0.3) is 0 Å². The number of benzene rings is 1. The summed E-state index contributed by atoms with van der Waals surface area (Å²) in [6, 6.07) is 4.88. The van der Waals surface area contributed by atoms with Crippen LogP contribution in [0.4, 0.5) is 5.69 Å². The van der Waals surface area contributed by atoms with Crippen molar-refractivity contribution in [1.29, 1.82) is 0 Å². The molecule has 2 N–H and O–H groups in total. The number of carbonyl (C=O) groups is 1. The first-order chi connectivity index (χ1) is 11.4. The van der Waals surface area contributed by atoms with Gasteiger partial charge in [-0.25, -0.2) is 0 Å². The summed E-state index contributed by atoms with van der Waals surface area (Å²) >= 11 is 12.1. The van der Waals surface area contributed by atoms with Crippen molar-refractivity contribution in [3.05, 3.63) is 28.2 Å². The van der Waals surface area contributed by atoms with Crippen LogP contribution in [0.1, 0.15) is 45.4 Å². The maximum Gasteiger partial charge on any atom is 0.241 e. The van der Waals surface area contributed by atoms with Crippen molar-refractivity contribution in [3.8, 4) is 0 Å². The molecule has 4 aliphatic carbocycles. The molecule has 5 heteroatoms. The minimum Gasteiger partial charge on any atom is -0.323 e. The van der Waals surface area contributed by atoms with Gasteiger partial charge in [0.05, 0.1) is 16.8 Å². The maximum absolute atomic E-state index is 12.6. The summed E-state index contributed by atoms with van der Waals surface area (Å²) in [5.41, 5.74) is 0.747. The monoisotopic (exact) mass is 366 g/mol. The number of nitrogens with one attached hydrogen (secondary N) is 2. The molecule has 0 saturated heterocycles. The van der Waals surface area contributed by atoms with Gasteiger partial charge in [0.15, 0.2) is 0 Å². The van der Waals surface area contributed by atoms with Crippen molar-refractivity contribution in [2.24, 2.45) is 17.8 Å². The van der Waals surface area contributed by atoms with Gasteiger partial charge in [0.25, 0.3) is 0 Å². The lowest BCUT2D eigenvalue weighted by molar-refractivity contribution is -0.119. The molecule has 4 bridgehead atoms. The largest absolute Gasteiger partial charge is 0.323 e. The molecular weight excluding hydrogens is 343 g/mol. The Morgan fingerprint density at radius 3 is 2.29 bits per heavy atom. The summed E-state index contributed by atoms with van der Waals surface area (Å²) < 4.78 is 0. The smallest absolute Gasteiger partial charge is 0.241 e. The van der Waals surface area contributed by atoms with E-state index in [0.717, 1.165) is 17.8 Å². The molecule has 0 unspecified atom stereocenters. The zero-order chi connectivity index (χ0) is 16.9. The third-order valence-corrected chi connectivity index (χ3v) is 6.71. The van der Waals surface area contributed by atoms with Crippen molar-refractivity contribution in [2.45, 2.75) is 57.0 Å². The van der Waals surface area contributed by atoms with Crippen molar-refractivity contribution in [1.82, 2.24) is 5.32 Å². The SMILES string of the molecule is C[C@@H](NC12CC3CC(CC(C3)C1)C2)C(=O)Nc1cc(Cl)ccc1Cl. The fraction of sp³-hybridized carbons (Fsp3) is 0.632. The molecule has 4 saturated carbocycles. The second-order valence-corrected chi connectivity index (χ2v) is 9.02. The van der Waals surface area contributed by atoms with E-state index in [0.29, 0.717) is 15.7 Å². The Bertz CT molecular complexity index is 625. The minimum atomic E-state index is -0.240. The Labute approximate surface area is 153 Å². The third kappa shape index (κ3) is 3.18. The molecule has 5 rings (SSSR count). The number of rotatable bonds is 4. The van der Waals surface area contributed by atoms with Crippen molar-refractivity contribution in [2.75, 3.05) is 5.32 Å². The van der Waals surface area contributed by atoms with E-state index in [1.54, 1.807) is 18.2 Å². The molecule has 3 nitrogen and oxygen atoms in total. The summed E-state index contributed by atoms with van der Waals surface area (Å²) in [5.74, 6) is 2.54. The number of anilines is 1. The maximum atomic E-state index is 12.6. The number of halogens is 2. The Morgan fingerprint density at radius 1 is 1.12 bits per heavy atom. The highest BCUT2D eigenvalue weighted by molar-refractivity contribution is 6.35. The topological polar surface area (TPSA) is 41.1 Å². The highest BCUT2D eigenvalue weighted by atomic mass is 35.5. The van der Waals surface area contributed by atoms with Crippen LogP contribution in [0.15, 0.2) is 18.2 Å². The summed E-state index contributed by atoms with van der Waals surface area (Å²) in [6.07, 6.45) is 7.90. The standard InChI is InChI=1S/C19H24Cl2N2O/c1-11(18(24)22-17-7-15(20)2-3-16(17)21)23-19-8-12-4-13(9-19)6-14(5-12)10-19/h2-3,7,11-14,23H,4-6,8-10H2,1H3,(H,22,24)/t11-,12?,13?,14?,19?/m1/s1. The molecule has 24 heavy (non-hydrogen) atoms. The van der Waals surface area contributed by atoms with E-state index in [9.17, 15) is 4.79 Å². The molecular formula is C19H24Cl2N2O. The van der Waals surface area contributed by atoms with Gasteiger partial charge in [-0.05, 0) is 81.4 Å². The molecule has 4 aliphatic rings. The molecule has 1 aromatic carbocycles. The first-order valence-electron chi connectivity index (χ1n) is 8.96. The molecule has 130 valence electrons. The molecule has 0 spiro atoms. The van der Waals surface area contributed by atoms with Gasteiger partial charge in [-0.1, -0.05) is 23.2 Å². The van der Waals surface area contributed by atoms with Gasteiger partial charge in [0, 0.05) is 10.6 Å². The van der Waals surface area contributed by atoms with E-state index in [1.807, 2.05) is 6.92 Å². The molecule has 4 fully saturated rings. The van der Waals surface area contributed by atoms with Gasteiger partial charge in [-0.15, -0.1) is 0 Å². The predicted molar refractivity (Wildman–Crippen MR) is 98.6 cm³/mol. The van der Waals surface area contributed by atoms with Crippen LogP contribution in [0.3, 0.4) is 0 Å². The Kier molecular flexibility index (Phi) is 4.30. The van der Waals surface area contributed by atoms with Gasteiger partial charge in [0.1, 0.15) is 0 Å². The molecule has 0 radical (unpaired) electrons. The second kappa shape index (κ2) is 6.19. The van der Waals surface area contributed by atoms with Gasteiger partial charge < -0.3 is 10.6 Å². The molecule has 1 amide bonds. The minimum absolute atomic E-state index is 0.0464. The first-order valence-corrected chi connectivity index (χ1v) is 9.72. The lowest BCUT2D eigenvalue weighted by Gasteiger charge is -2.57. The van der Waals surface area contributed by atoms with Crippen molar-refractivity contribution in [3.63, 3.8) is 0 Å². The van der Waals surface area contributed by atoms with Gasteiger partial charge >= 0.3 is 0 Å². The van der Waals surface area contributed by atoms with E-state index in [4.69, 9.17) is 23.2 Å². The summed E-state index contributed by atoms with van der Waals surface area (Å²) in [7, 11) is 0. The molecule has 0 aliphatic heterocycles. The summed E-state index contributed by atoms with van der Waals surface area (Å²) in [6.45, 7) is 1.95. The van der Waals surface area contributed by atoms with Crippen LogP contribution >= 0.6 is 23.2 Å². The normalized spacial score (nSPS) is 35.0. The molecule has 0 aromatic heterocycles. The average Bonchev–Trinajstić information content (AvgIpc) is 2.49. The quantitative estimate of drug-likeness (QED) is 0.797. The average molecular weight is 367 g/mol. The van der Waals surface area contributed by atoms with Crippen LogP contribution in [0, 0.1) is 17.8 Å². The number of carbonyl (C=O) groups excluding carboxylic acids is 1. The fourth-order valence-corrected chi connectivity index (χ4v) is 5.98. The van der Waals surface area contributed by atoms with Crippen LogP contribution in [0.2, 0.25) is 10.0 Å². The Morgan fingerprint density at radius 2 is 1.71 bits per heavy atom. The predicted octanol–water partition coefficient (Wildman–Crippen LogP) is 4.88. The van der Waals surface area contributed by atoms with Gasteiger partial charge in [-0.2, -0.15) is 0 Å². The van der Waals surface area contributed by atoms with E-state index in [1.165, 1.54) is 38.5 Å². The third-order valence-electron chi connectivity index (χ3n) is 6.14. The van der Waals surface area contributed by atoms with Crippen LogP contribution in [-0.2, 0) is 4.79 Å². The lowest BCUT2D eigenvalue weighted by Crippen LogP contribution is -2.62. The lowest BCUT2D eigenvalue weighted by atomic mass is 9.53. The zero-order valence-corrected chi connectivity index (χ0v) is 15.5. The number of amides is 1. The fourth-order valence-electron chi connectivity index (χ4n) is 5.65. The summed E-state index contributed by atoms with van der Waals surface area (Å²) in [4.78, 5) is 12.6. The number of hydrogen-bond donors (Lipinski definition) is 2. The van der Waals surface area contributed by atoms with Gasteiger partial charge in [0.2, 0.25) is 5.91 Å². The zero-order valence-electron chi connectivity index (χ0n) is 13.9. The van der Waals surface area contributed by atoms with Crippen LogP contribution < -0.4 is 10.6 Å². The van der Waals surface area contributed by atoms with Crippen LogP contribution in [0.5, 0.6) is 0 Å². The Balaban J connectivity index is 1.43. The van der Waals surface area contributed by atoms with Gasteiger partial charge in [-0.3, -0.25) is 4.79 Å². The van der Waals surface area contributed by atoms with Crippen molar-refractivity contribution >= 4 is 34.8 Å². The van der Waals surface area contributed by atoms with E-state index in [-0.39, 0.29) is 17.5 Å². The second-order valence-electron chi connectivity index (χ2n) is 8.18. The van der Waals surface area contributed by atoms with E-state index in [2.05, 4.69) is 10.6 Å². The van der Waals surface area contributed by atoms with E-state index < -0.39 is 0 Å². The Hall–Kier alpha value is -0.770. The molecule has 0 heterocycles. The van der Waals surface area contributed by atoms with Crippen LogP contribution in [-0.4, -0.2) is 17.5 Å².